The molecule has 1 aliphatic rings. The monoisotopic (exact) mass is 433 g/mol. The van der Waals surface area contributed by atoms with Crippen LogP contribution in [0.15, 0.2) is 42.5 Å². The average Bonchev–Trinajstić information content (AvgIpc) is 3.42. The van der Waals surface area contributed by atoms with E-state index in [0.29, 0.717) is 5.92 Å². The summed E-state index contributed by atoms with van der Waals surface area (Å²) < 4.78 is 8.81. The van der Waals surface area contributed by atoms with Crippen LogP contribution in [0.25, 0.3) is 0 Å². The van der Waals surface area contributed by atoms with Gasteiger partial charge in [0.2, 0.25) is 9.70 Å². The lowest BCUT2D eigenvalue weighted by molar-refractivity contribution is -0.143. The molecule has 27 heavy (non-hydrogen) atoms. The van der Waals surface area contributed by atoms with E-state index in [0.717, 1.165) is 12.8 Å². The van der Waals surface area contributed by atoms with E-state index >= 15 is 0 Å². The van der Waals surface area contributed by atoms with E-state index in [2.05, 4.69) is 24.4 Å². The number of allylic oxidation sites excluding steroid dienone is 1. The van der Waals surface area contributed by atoms with Gasteiger partial charge >= 0.3 is 5.97 Å². The van der Waals surface area contributed by atoms with Gasteiger partial charge in [-0.3, -0.25) is 9.59 Å². The molecule has 1 amide bonds. The number of amides is 1. The normalized spacial score (nSPS) is 20.3. The summed E-state index contributed by atoms with van der Waals surface area (Å²) in [4.78, 5) is 23.1. The standard InChI is InChI=1S/C19H22Cl3NO4/c1-13(17-18(27-17)14-8-3-2-4-9-14)7-5-6-10-15(24)23-11-16(25)26-12-19(20,21)22/h2-4,6,8-10,13,17-18H,5,7,11-12H2,1H3,(H,23,24)/b10-6+. The lowest BCUT2D eigenvalue weighted by atomic mass is 9.97. The molecule has 3 atom stereocenters. The van der Waals surface area contributed by atoms with Crippen molar-refractivity contribution in [1.29, 1.82) is 0 Å². The molecule has 2 rings (SSSR count). The zero-order chi connectivity index (χ0) is 19.9. The number of ether oxygens (including phenoxy) is 2. The first kappa shape index (κ1) is 22.0. The SMILES string of the molecule is CC(CC/C=C/C(=O)NCC(=O)OCC(Cl)(Cl)Cl)C1OC1c1ccccc1. The quantitative estimate of drug-likeness (QED) is 0.275. The van der Waals surface area contributed by atoms with Crippen LogP contribution in [-0.2, 0) is 19.1 Å². The Kier molecular flexibility index (Phi) is 8.42. The fraction of sp³-hybridized carbons (Fsp3) is 0.474. The first-order chi connectivity index (χ1) is 12.8. The Balaban J connectivity index is 1.59. The summed E-state index contributed by atoms with van der Waals surface area (Å²) in [6.07, 6.45) is 5.22. The number of benzene rings is 1. The zero-order valence-corrected chi connectivity index (χ0v) is 17.1. The van der Waals surface area contributed by atoms with Crippen LogP contribution in [-0.4, -0.2) is 34.9 Å². The summed E-state index contributed by atoms with van der Waals surface area (Å²) in [5, 5.41) is 2.42. The minimum Gasteiger partial charge on any atom is -0.460 e. The minimum atomic E-state index is -1.67. The highest BCUT2D eigenvalue weighted by Crippen LogP contribution is 2.44. The number of epoxide rings is 1. The lowest BCUT2D eigenvalue weighted by Crippen LogP contribution is -2.30. The molecule has 3 unspecified atom stereocenters. The Morgan fingerprint density at radius 3 is 2.67 bits per heavy atom. The summed E-state index contributed by atoms with van der Waals surface area (Å²) in [7, 11) is 0. The van der Waals surface area contributed by atoms with Gasteiger partial charge in [0.1, 0.15) is 19.3 Å². The molecular formula is C19H22Cl3NO4. The molecule has 0 radical (unpaired) electrons. The van der Waals surface area contributed by atoms with E-state index in [1.165, 1.54) is 11.6 Å². The van der Waals surface area contributed by atoms with Gasteiger partial charge in [0.15, 0.2) is 0 Å². The Morgan fingerprint density at radius 1 is 1.30 bits per heavy atom. The van der Waals surface area contributed by atoms with E-state index in [-0.39, 0.29) is 31.3 Å². The van der Waals surface area contributed by atoms with Gasteiger partial charge in [0, 0.05) is 0 Å². The number of hydrogen-bond acceptors (Lipinski definition) is 4. The van der Waals surface area contributed by atoms with Crippen LogP contribution in [0.3, 0.4) is 0 Å². The molecule has 0 saturated carbocycles. The third-order valence-electron chi connectivity index (χ3n) is 4.08. The number of rotatable bonds is 9. The molecule has 0 aromatic heterocycles. The number of hydrogen-bond donors (Lipinski definition) is 1. The summed E-state index contributed by atoms with van der Waals surface area (Å²) in [5.41, 5.74) is 1.20. The fourth-order valence-corrected chi connectivity index (χ4v) is 2.78. The van der Waals surface area contributed by atoms with Crippen LogP contribution >= 0.6 is 34.8 Å². The van der Waals surface area contributed by atoms with Gasteiger partial charge in [-0.25, -0.2) is 0 Å². The van der Waals surface area contributed by atoms with Crippen molar-refractivity contribution in [1.82, 2.24) is 5.32 Å². The highest BCUT2D eigenvalue weighted by Gasteiger charge is 2.43. The molecule has 0 aliphatic carbocycles. The van der Waals surface area contributed by atoms with Gasteiger partial charge in [0.05, 0.1) is 6.10 Å². The van der Waals surface area contributed by atoms with Crippen LogP contribution in [0.1, 0.15) is 31.4 Å². The Labute approximate surface area is 173 Å². The van der Waals surface area contributed by atoms with Crippen molar-refractivity contribution in [2.24, 2.45) is 5.92 Å². The average molecular weight is 435 g/mol. The first-order valence-electron chi connectivity index (χ1n) is 8.63. The summed E-state index contributed by atoms with van der Waals surface area (Å²) in [6, 6.07) is 10.1. The van der Waals surface area contributed by atoms with Crippen molar-refractivity contribution >= 4 is 46.7 Å². The molecule has 1 fully saturated rings. The van der Waals surface area contributed by atoms with Gasteiger partial charge < -0.3 is 14.8 Å². The summed E-state index contributed by atoms with van der Waals surface area (Å²) in [6.45, 7) is 1.49. The number of halogens is 3. The van der Waals surface area contributed by atoms with Gasteiger partial charge in [-0.05, 0) is 30.4 Å². The lowest BCUT2D eigenvalue weighted by Gasteiger charge is -2.11. The summed E-state index contributed by atoms with van der Waals surface area (Å²) >= 11 is 16.4. The van der Waals surface area contributed by atoms with Gasteiger partial charge in [-0.2, -0.15) is 0 Å². The first-order valence-corrected chi connectivity index (χ1v) is 9.77. The number of carbonyl (C=O) groups is 2. The van der Waals surface area contributed by atoms with Crippen molar-refractivity contribution in [2.75, 3.05) is 13.2 Å². The molecule has 148 valence electrons. The predicted octanol–water partition coefficient (Wildman–Crippen LogP) is 4.13. The van der Waals surface area contributed by atoms with Crippen molar-refractivity contribution in [3.63, 3.8) is 0 Å². The van der Waals surface area contributed by atoms with Crippen LogP contribution in [0, 0.1) is 5.92 Å². The van der Waals surface area contributed by atoms with Gasteiger partial charge in [-0.1, -0.05) is 78.1 Å². The van der Waals surface area contributed by atoms with Crippen LogP contribution in [0.4, 0.5) is 0 Å². The second-order valence-electron chi connectivity index (χ2n) is 6.38. The van der Waals surface area contributed by atoms with Gasteiger partial charge in [-0.15, -0.1) is 0 Å². The molecule has 5 nitrogen and oxygen atoms in total. The molecule has 1 saturated heterocycles. The van der Waals surface area contributed by atoms with E-state index in [1.807, 2.05) is 18.2 Å². The van der Waals surface area contributed by atoms with E-state index in [9.17, 15) is 9.59 Å². The third-order valence-corrected chi connectivity index (χ3v) is 4.40. The van der Waals surface area contributed by atoms with Crippen LogP contribution < -0.4 is 5.32 Å². The fourth-order valence-electron chi connectivity index (χ4n) is 2.61. The Bertz CT molecular complexity index is 661. The van der Waals surface area contributed by atoms with Gasteiger partial charge in [0.25, 0.3) is 0 Å². The third kappa shape index (κ3) is 8.52. The summed E-state index contributed by atoms with van der Waals surface area (Å²) in [5.74, 6) is -0.660. The maximum absolute atomic E-state index is 11.7. The number of nitrogens with one attached hydrogen (secondary N) is 1. The second kappa shape index (κ2) is 10.3. The highest BCUT2D eigenvalue weighted by molar-refractivity contribution is 6.67. The molecule has 1 heterocycles. The molecule has 1 aromatic carbocycles. The molecule has 0 bridgehead atoms. The van der Waals surface area contributed by atoms with Crippen molar-refractivity contribution in [3.05, 3.63) is 48.0 Å². The number of alkyl halides is 3. The number of carbonyl (C=O) groups excluding carboxylic acids is 2. The topological polar surface area (TPSA) is 67.9 Å². The highest BCUT2D eigenvalue weighted by atomic mass is 35.6. The predicted molar refractivity (Wildman–Crippen MR) is 106 cm³/mol. The minimum absolute atomic E-state index is 0.173. The van der Waals surface area contributed by atoms with E-state index < -0.39 is 9.76 Å². The van der Waals surface area contributed by atoms with E-state index in [4.69, 9.17) is 44.3 Å². The maximum atomic E-state index is 11.7. The zero-order valence-electron chi connectivity index (χ0n) is 14.9. The van der Waals surface area contributed by atoms with Crippen LogP contribution in [0.5, 0.6) is 0 Å². The smallest absolute Gasteiger partial charge is 0.325 e. The maximum Gasteiger partial charge on any atom is 0.325 e. The largest absolute Gasteiger partial charge is 0.460 e. The molecule has 1 aromatic rings. The molecule has 0 spiro atoms. The number of esters is 1. The van der Waals surface area contributed by atoms with Crippen molar-refractivity contribution in [2.45, 2.75) is 35.8 Å². The molecule has 1 N–H and O–H groups in total. The Morgan fingerprint density at radius 2 is 2.00 bits per heavy atom. The Hall–Kier alpha value is -1.27. The molecule has 8 heteroatoms. The molecule has 1 aliphatic heterocycles. The van der Waals surface area contributed by atoms with Crippen molar-refractivity contribution in [3.8, 4) is 0 Å². The van der Waals surface area contributed by atoms with Crippen molar-refractivity contribution < 1.29 is 19.1 Å². The second-order valence-corrected chi connectivity index (χ2v) is 8.90. The molecular weight excluding hydrogens is 413 g/mol. The van der Waals surface area contributed by atoms with Crippen LogP contribution in [0.2, 0.25) is 0 Å². The van der Waals surface area contributed by atoms with E-state index in [1.54, 1.807) is 6.08 Å².